The zero-order valence-electron chi connectivity index (χ0n) is 14.8. The van der Waals surface area contributed by atoms with Crippen molar-refractivity contribution in [2.75, 3.05) is 20.1 Å². The standard InChI is InChI=1S/C15H25N5O2S.HI/c1-10-12(23-9-18-10)6-17-13(16-5)19-11-7-20(8-11)14(21)22-15(2,3)4;/h9,11H,6-8H2,1-5H3,(H2,16,17,19);1H. The number of aliphatic imine (C=N–C) groups is 1. The van der Waals surface area contributed by atoms with Crippen molar-refractivity contribution in [2.45, 2.75) is 45.9 Å². The number of halogens is 1. The smallest absolute Gasteiger partial charge is 0.410 e. The zero-order chi connectivity index (χ0) is 17.0. The second-order valence-corrected chi connectivity index (χ2v) is 7.45. The molecule has 0 aliphatic carbocycles. The maximum atomic E-state index is 11.9. The first kappa shape index (κ1) is 20.9. The first-order chi connectivity index (χ1) is 10.8. The van der Waals surface area contributed by atoms with Crippen molar-refractivity contribution in [1.82, 2.24) is 20.5 Å². The highest BCUT2D eigenvalue weighted by atomic mass is 127. The van der Waals surface area contributed by atoms with Crippen LogP contribution in [-0.2, 0) is 11.3 Å². The van der Waals surface area contributed by atoms with Crippen LogP contribution in [0.25, 0.3) is 0 Å². The molecule has 2 N–H and O–H groups in total. The van der Waals surface area contributed by atoms with Crippen LogP contribution in [0.1, 0.15) is 31.3 Å². The normalized spacial score (nSPS) is 15.4. The number of rotatable bonds is 3. The number of likely N-dealkylation sites (tertiary alicyclic amines) is 1. The van der Waals surface area contributed by atoms with Crippen LogP contribution < -0.4 is 10.6 Å². The quantitative estimate of drug-likeness (QED) is 0.406. The summed E-state index contributed by atoms with van der Waals surface area (Å²) < 4.78 is 5.34. The van der Waals surface area contributed by atoms with E-state index >= 15 is 0 Å². The Kier molecular flexibility index (Phi) is 7.71. The lowest BCUT2D eigenvalue weighted by Gasteiger charge is -2.40. The Morgan fingerprint density at radius 3 is 2.67 bits per heavy atom. The lowest BCUT2D eigenvalue weighted by molar-refractivity contribution is 0.00701. The highest BCUT2D eigenvalue weighted by molar-refractivity contribution is 14.0. The third kappa shape index (κ3) is 6.08. The van der Waals surface area contributed by atoms with Gasteiger partial charge < -0.3 is 20.3 Å². The van der Waals surface area contributed by atoms with Crippen LogP contribution in [0.15, 0.2) is 10.5 Å². The number of carbonyl (C=O) groups excluding carboxylic acids is 1. The van der Waals surface area contributed by atoms with E-state index in [1.54, 1.807) is 23.3 Å². The van der Waals surface area contributed by atoms with Gasteiger partial charge in [0.2, 0.25) is 0 Å². The second-order valence-electron chi connectivity index (χ2n) is 6.51. The largest absolute Gasteiger partial charge is 0.444 e. The summed E-state index contributed by atoms with van der Waals surface area (Å²) >= 11 is 1.62. The summed E-state index contributed by atoms with van der Waals surface area (Å²) in [4.78, 5) is 23.2. The van der Waals surface area contributed by atoms with Crippen molar-refractivity contribution in [1.29, 1.82) is 0 Å². The van der Waals surface area contributed by atoms with Crippen molar-refractivity contribution < 1.29 is 9.53 Å². The van der Waals surface area contributed by atoms with Gasteiger partial charge in [-0.2, -0.15) is 0 Å². The fraction of sp³-hybridized carbons (Fsp3) is 0.667. The maximum Gasteiger partial charge on any atom is 0.410 e. The minimum atomic E-state index is -0.459. The number of ether oxygens (including phenoxy) is 1. The molecule has 0 radical (unpaired) electrons. The number of nitrogens with one attached hydrogen (secondary N) is 2. The van der Waals surface area contributed by atoms with Gasteiger partial charge in [-0.1, -0.05) is 0 Å². The van der Waals surface area contributed by atoms with Gasteiger partial charge in [0, 0.05) is 25.0 Å². The van der Waals surface area contributed by atoms with Crippen LogP contribution in [0.4, 0.5) is 4.79 Å². The number of guanidine groups is 1. The average molecular weight is 467 g/mol. The van der Waals surface area contributed by atoms with Gasteiger partial charge in [-0.3, -0.25) is 4.99 Å². The molecule has 0 aromatic carbocycles. The summed E-state index contributed by atoms with van der Waals surface area (Å²) in [6.07, 6.45) is -0.265. The highest BCUT2D eigenvalue weighted by Crippen LogP contribution is 2.15. The predicted molar refractivity (Wildman–Crippen MR) is 107 cm³/mol. The topological polar surface area (TPSA) is 78.9 Å². The lowest BCUT2D eigenvalue weighted by Crippen LogP contribution is -2.63. The van der Waals surface area contributed by atoms with E-state index in [0.717, 1.165) is 11.7 Å². The lowest BCUT2D eigenvalue weighted by atomic mass is 10.1. The van der Waals surface area contributed by atoms with Crippen LogP contribution in [0.2, 0.25) is 0 Å². The molecule has 2 heterocycles. The Labute approximate surface area is 164 Å². The van der Waals surface area contributed by atoms with Gasteiger partial charge in [0.15, 0.2) is 5.96 Å². The predicted octanol–water partition coefficient (Wildman–Crippen LogP) is 2.35. The molecule has 0 unspecified atom stereocenters. The minimum Gasteiger partial charge on any atom is -0.444 e. The molecule has 1 saturated heterocycles. The first-order valence-corrected chi connectivity index (χ1v) is 8.50. The molecule has 0 spiro atoms. The van der Waals surface area contributed by atoms with E-state index in [1.807, 2.05) is 33.2 Å². The van der Waals surface area contributed by atoms with Crippen LogP contribution in [0.5, 0.6) is 0 Å². The molecule has 1 fully saturated rings. The number of nitrogens with zero attached hydrogens (tertiary/aromatic N) is 3. The number of aromatic nitrogens is 1. The van der Waals surface area contributed by atoms with Gasteiger partial charge in [0.05, 0.1) is 23.8 Å². The monoisotopic (exact) mass is 467 g/mol. The fourth-order valence-corrected chi connectivity index (χ4v) is 2.81. The molecular weight excluding hydrogens is 441 g/mol. The van der Waals surface area contributed by atoms with E-state index in [2.05, 4.69) is 20.6 Å². The van der Waals surface area contributed by atoms with Crippen LogP contribution in [0, 0.1) is 6.92 Å². The zero-order valence-corrected chi connectivity index (χ0v) is 17.9. The summed E-state index contributed by atoms with van der Waals surface area (Å²) in [5, 5.41) is 6.58. The number of amides is 1. The van der Waals surface area contributed by atoms with Gasteiger partial charge in [-0.05, 0) is 27.7 Å². The molecule has 2 rings (SSSR count). The summed E-state index contributed by atoms with van der Waals surface area (Å²) in [6, 6.07) is 0.191. The molecule has 1 aliphatic rings. The SMILES string of the molecule is CN=C(NCc1scnc1C)NC1CN(C(=O)OC(C)(C)C)C1.I. The van der Waals surface area contributed by atoms with Gasteiger partial charge >= 0.3 is 6.09 Å². The molecule has 0 saturated carbocycles. The average Bonchev–Trinajstić information content (AvgIpc) is 2.80. The molecule has 1 aliphatic heterocycles. The molecule has 0 bridgehead atoms. The number of aryl methyl sites for hydroxylation is 1. The van der Waals surface area contributed by atoms with Crippen LogP contribution in [0.3, 0.4) is 0 Å². The Morgan fingerprint density at radius 2 is 2.17 bits per heavy atom. The van der Waals surface area contributed by atoms with E-state index in [4.69, 9.17) is 4.74 Å². The van der Waals surface area contributed by atoms with E-state index < -0.39 is 5.60 Å². The number of carbonyl (C=O) groups is 1. The third-order valence-electron chi connectivity index (χ3n) is 3.36. The van der Waals surface area contributed by atoms with E-state index in [-0.39, 0.29) is 36.1 Å². The molecule has 136 valence electrons. The van der Waals surface area contributed by atoms with Gasteiger partial charge in [0.1, 0.15) is 5.60 Å². The number of hydrogen-bond donors (Lipinski definition) is 2. The van der Waals surface area contributed by atoms with Crippen molar-refractivity contribution in [3.05, 3.63) is 16.1 Å². The van der Waals surface area contributed by atoms with Crippen molar-refractivity contribution in [2.24, 2.45) is 4.99 Å². The van der Waals surface area contributed by atoms with Crippen molar-refractivity contribution in [3.8, 4) is 0 Å². The van der Waals surface area contributed by atoms with Gasteiger partial charge in [0.25, 0.3) is 0 Å². The molecule has 7 nitrogen and oxygen atoms in total. The Morgan fingerprint density at radius 1 is 1.50 bits per heavy atom. The first-order valence-electron chi connectivity index (χ1n) is 7.62. The molecule has 1 aromatic heterocycles. The molecule has 1 aromatic rings. The van der Waals surface area contributed by atoms with Crippen LogP contribution in [-0.4, -0.2) is 53.7 Å². The minimum absolute atomic E-state index is 0. The number of thiazole rings is 1. The maximum absolute atomic E-state index is 11.9. The summed E-state index contributed by atoms with van der Waals surface area (Å²) in [5.41, 5.74) is 2.42. The Hall–Kier alpha value is -1.10. The molecule has 1 amide bonds. The molecular formula is C15H26IN5O2S. The molecule has 24 heavy (non-hydrogen) atoms. The summed E-state index contributed by atoms with van der Waals surface area (Å²) in [6.45, 7) is 9.53. The van der Waals surface area contributed by atoms with Gasteiger partial charge in [-0.15, -0.1) is 35.3 Å². The summed E-state index contributed by atoms with van der Waals surface area (Å²) in [5.74, 6) is 0.728. The van der Waals surface area contributed by atoms with E-state index in [9.17, 15) is 4.79 Å². The van der Waals surface area contributed by atoms with Crippen molar-refractivity contribution in [3.63, 3.8) is 0 Å². The Balaban J connectivity index is 0.00000288. The third-order valence-corrected chi connectivity index (χ3v) is 4.29. The molecule has 9 heteroatoms. The second kappa shape index (κ2) is 8.84. The highest BCUT2D eigenvalue weighted by Gasteiger charge is 2.34. The summed E-state index contributed by atoms with van der Waals surface area (Å²) in [7, 11) is 1.74. The van der Waals surface area contributed by atoms with E-state index in [1.165, 1.54) is 4.88 Å². The fourth-order valence-electron chi connectivity index (χ4n) is 2.09. The van der Waals surface area contributed by atoms with E-state index in [0.29, 0.717) is 19.6 Å². The molecule has 0 atom stereocenters. The van der Waals surface area contributed by atoms with Crippen molar-refractivity contribution >= 4 is 47.4 Å². The van der Waals surface area contributed by atoms with Crippen LogP contribution >= 0.6 is 35.3 Å². The van der Waals surface area contributed by atoms with Gasteiger partial charge in [-0.25, -0.2) is 9.78 Å². The number of hydrogen-bond acceptors (Lipinski definition) is 5. The Bertz CT molecular complexity index is 579.